The Hall–Kier alpha value is -1.30. The lowest BCUT2D eigenvalue weighted by Crippen LogP contribution is -2.22. The summed E-state index contributed by atoms with van der Waals surface area (Å²) in [6, 6.07) is 1.26. The van der Waals surface area contributed by atoms with Crippen molar-refractivity contribution < 1.29 is 13.5 Å². The third kappa shape index (κ3) is 2.11. The highest BCUT2D eigenvalue weighted by molar-refractivity contribution is 7.90. The van der Waals surface area contributed by atoms with Crippen molar-refractivity contribution in [3.63, 3.8) is 0 Å². The molecule has 0 amide bonds. The minimum Gasteiger partial charge on any atom is -0.493 e. The van der Waals surface area contributed by atoms with Crippen molar-refractivity contribution in [1.29, 1.82) is 0 Å². The van der Waals surface area contributed by atoms with Crippen molar-refractivity contribution in [3.8, 4) is 5.88 Å². The first kappa shape index (κ1) is 12.8. The number of nitrogens with zero attached hydrogens (tertiary/aromatic N) is 1. The van der Waals surface area contributed by atoms with E-state index in [-0.39, 0.29) is 17.0 Å². The first-order chi connectivity index (χ1) is 7.32. The van der Waals surface area contributed by atoms with Crippen molar-refractivity contribution >= 4 is 9.84 Å². The van der Waals surface area contributed by atoms with Crippen LogP contribution >= 0.6 is 0 Å². The Kier molecular flexibility index (Phi) is 3.42. The highest BCUT2D eigenvalue weighted by Gasteiger charge is 2.21. The molecule has 0 fully saturated rings. The average molecular weight is 245 g/mol. The third-order valence-electron chi connectivity index (χ3n) is 2.38. The fourth-order valence-electron chi connectivity index (χ4n) is 1.64. The molecule has 0 spiro atoms. The lowest BCUT2D eigenvalue weighted by atomic mass is 10.2. The molecule has 90 valence electrons. The Morgan fingerprint density at radius 3 is 2.31 bits per heavy atom. The van der Waals surface area contributed by atoms with Gasteiger partial charge < -0.3 is 5.11 Å². The molecule has 1 aromatic heterocycles. The minimum atomic E-state index is -3.54. The van der Waals surface area contributed by atoms with E-state index < -0.39 is 15.7 Å². The SMILES string of the molecule is CCc1cc(=O)n(CC)c(O)c1S(C)(=O)=O. The van der Waals surface area contributed by atoms with E-state index in [0.29, 0.717) is 12.0 Å². The zero-order valence-electron chi connectivity index (χ0n) is 9.52. The number of hydrogen-bond acceptors (Lipinski definition) is 4. The standard InChI is InChI=1S/C10H15NO4S/c1-4-7-6-8(12)11(5-2)10(13)9(7)16(3,14)15/h6,13H,4-5H2,1-3H3. The summed E-state index contributed by atoms with van der Waals surface area (Å²) in [5.74, 6) is -0.464. The fourth-order valence-corrected chi connectivity index (χ4v) is 2.76. The van der Waals surface area contributed by atoms with Gasteiger partial charge >= 0.3 is 0 Å². The number of hydrogen-bond donors (Lipinski definition) is 1. The third-order valence-corrected chi connectivity index (χ3v) is 3.57. The van der Waals surface area contributed by atoms with Crippen molar-refractivity contribution in [1.82, 2.24) is 4.57 Å². The molecule has 1 rings (SSSR count). The average Bonchev–Trinajstić information content (AvgIpc) is 2.15. The van der Waals surface area contributed by atoms with Crippen molar-refractivity contribution in [3.05, 3.63) is 22.0 Å². The second-order valence-electron chi connectivity index (χ2n) is 3.53. The summed E-state index contributed by atoms with van der Waals surface area (Å²) in [6.45, 7) is 3.63. The van der Waals surface area contributed by atoms with E-state index in [1.54, 1.807) is 13.8 Å². The Balaban J connectivity index is 3.78. The Morgan fingerprint density at radius 1 is 1.38 bits per heavy atom. The quantitative estimate of drug-likeness (QED) is 0.843. The highest BCUT2D eigenvalue weighted by atomic mass is 32.2. The molecular formula is C10H15NO4S. The molecule has 6 heteroatoms. The van der Waals surface area contributed by atoms with Gasteiger partial charge in [-0.15, -0.1) is 0 Å². The molecule has 0 bridgehead atoms. The number of rotatable bonds is 3. The first-order valence-corrected chi connectivity index (χ1v) is 6.87. The van der Waals surface area contributed by atoms with Crippen molar-refractivity contribution in [2.45, 2.75) is 31.7 Å². The second kappa shape index (κ2) is 4.29. The Labute approximate surface area is 94.3 Å². The highest BCUT2D eigenvalue weighted by Crippen LogP contribution is 2.25. The van der Waals surface area contributed by atoms with Crippen LogP contribution in [0.25, 0.3) is 0 Å². The summed E-state index contributed by atoms with van der Waals surface area (Å²) in [4.78, 5) is 11.4. The van der Waals surface area contributed by atoms with Gasteiger partial charge in [-0.2, -0.15) is 0 Å². The van der Waals surface area contributed by atoms with Gasteiger partial charge in [-0.05, 0) is 18.9 Å². The monoisotopic (exact) mass is 245 g/mol. The van der Waals surface area contributed by atoms with E-state index in [2.05, 4.69) is 0 Å². The van der Waals surface area contributed by atoms with Crippen molar-refractivity contribution in [2.75, 3.05) is 6.26 Å². The molecule has 1 aromatic rings. The van der Waals surface area contributed by atoms with Gasteiger partial charge in [-0.25, -0.2) is 8.42 Å². The molecule has 0 aliphatic rings. The van der Waals surface area contributed by atoms with Crippen LogP contribution in [-0.4, -0.2) is 24.3 Å². The molecule has 0 radical (unpaired) electrons. The van der Waals surface area contributed by atoms with Gasteiger partial charge in [0.25, 0.3) is 5.56 Å². The van der Waals surface area contributed by atoms with Crippen LogP contribution in [0.1, 0.15) is 19.4 Å². The summed E-state index contributed by atoms with van der Waals surface area (Å²) >= 11 is 0. The van der Waals surface area contributed by atoms with E-state index in [0.717, 1.165) is 10.8 Å². The fraction of sp³-hybridized carbons (Fsp3) is 0.500. The predicted octanol–water partition coefficient (Wildman–Crippen LogP) is 0.540. The van der Waals surface area contributed by atoms with Gasteiger partial charge in [0.1, 0.15) is 4.90 Å². The molecule has 0 aliphatic heterocycles. The van der Waals surface area contributed by atoms with E-state index in [4.69, 9.17) is 0 Å². The lowest BCUT2D eigenvalue weighted by molar-refractivity contribution is 0.393. The topological polar surface area (TPSA) is 76.4 Å². The smallest absolute Gasteiger partial charge is 0.253 e. The number of aromatic nitrogens is 1. The largest absolute Gasteiger partial charge is 0.493 e. The number of aromatic hydroxyl groups is 1. The normalized spacial score (nSPS) is 11.7. The van der Waals surface area contributed by atoms with Gasteiger partial charge in [0, 0.05) is 18.9 Å². The second-order valence-corrected chi connectivity index (χ2v) is 5.48. The van der Waals surface area contributed by atoms with E-state index >= 15 is 0 Å². The molecule has 0 atom stereocenters. The summed E-state index contributed by atoms with van der Waals surface area (Å²) in [5, 5.41) is 9.80. The zero-order chi connectivity index (χ0) is 12.5. The van der Waals surface area contributed by atoms with Crippen molar-refractivity contribution in [2.24, 2.45) is 0 Å². The Morgan fingerprint density at radius 2 is 1.94 bits per heavy atom. The van der Waals surface area contributed by atoms with Crippen LogP contribution in [0, 0.1) is 0 Å². The van der Waals surface area contributed by atoms with Crippen LogP contribution in [0.3, 0.4) is 0 Å². The molecule has 0 saturated carbocycles. The maximum absolute atomic E-state index is 11.5. The summed E-state index contributed by atoms with van der Waals surface area (Å²) < 4.78 is 24.1. The van der Waals surface area contributed by atoms with Gasteiger partial charge in [-0.3, -0.25) is 9.36 Å². The molecule has 0 saturated heterocycles. The lowest BCUT2D eigenvalue weighted by Gasteiger charge is -2.12. The molecule has 5 nitrogen and oxygen atoms in total. The molecule has 1 N–H and O–H groups in total. The zero-order valence-corrected chi connectivity index (χ0v) is 10.3. The molecule has 16 heavy (non-hydrogen) atoms. The Bertz CT molecular complexity index is 557. The number of aryl methyl sites for hydroxylation is 1. The van der Waals surface area contributed by atoms with Crippen LogP contribution in [0.2, 0.25) is 0 Å². The van der Waals surface area contributed by atoms with Crippen LogP contribution < -0.4 is 5.56 Å². The maximum atomic E-state index is 11.5. The van der Waals surface area contributed by atoms with E-state index in [1.165, 1.54) is 6.07 Å². The van der Waals surface area contributed by atoms with E-state index in [1.807, 2.05) is 0 Å². The van der Waals surface area contributed by atoms with Crippen LogP contribution in [-0.2, 0) is 22.8 Å². The number of pyridine rings is 1. The maximum Gasteiger partial charge on any atom is 0.253 e. The summed E-state index contributed by atoms with van der Waals surface area (Å²) in [7, 11) is -3.54. The molecule has 0 aromatic carbocycles. The van der Waals surface area contributed by atoms with Crippen LogP contribution in [0.4, 0.5) is 0 Å². The first-order valence-electron chi connectivity index (χ1n) is 4.98. The van der Waals surface area contributed by atoms with E-state index in [9.17, 15) is 18.3 Å². The van der Waals surface area contributed by atoms with Gasteiger partial charge in [-0.1, -0.05) is 6.92 Å². The predicted molar refractivity (Wildman–Crippen MR) is 60.5 cm³/mol. The number of sulfone groups is 1. The molecule has 0 unspecified atom stereocenters. The van der Waals surface area contributed by atoms with Crippen LogP contribution in [0.5, 0.6) is 5.88 Å². The summed E-state index contributed by atoms with van der Waals surface area (Å²) in [6.07, 6.45) is 1.40. The molecule has 0 aliphatic carbocycles. The molecule has 1 heterocycles. The summed E-state index contributed by atoms with van der Waals surface area (Å²) in [5.41, 5.74) is -0.0287. The van der Waals surface area contributed by atoms with Gasteiger partial charge in [0.15, 0.2) is 9.84 Å². The van der Waals surface area contributed by atoms with Crippen LogP contribution in [0.15, 0.2) is 15.8 Å². The minimum absolute atomic E-state index is 0.142. The van der Waals surface area contributed by atoms with Gasteiger partial charge in [0.05, 0.1) is 0 Å². The van der Waals surface area contributed by atoms with Gasteiger partial charge in [0.2, 0.25) is 5.88 Å². The molecular weight excluding hydrogens is 230 g/mol.